The van der Waals surface area contributed by atoms with Gasteiger partial charge in [-0.15, -0.1) is 0 Å². The fourth-order valence-electron chi connectivity index (χ4n) is 1.77. The van der Waals surface area contributed by atoms with Crippen LogP contribution in [0.1, 0.15) is 17.3 Å². The van der Waals surface area contributed by atoms with Crippen molar-refractivity contribution in [2.24, 2.45) is 0 Å². The molecule has 0 spiro atoms. The predicted molar refractivity (Wildman–Crippen MR) is 79.9 cm³/mol. The van der Waals surface area contributed by atoms with E-state index in [0.29, 0.717) is 23.5 Å². The highest BCUT2D eigenvalue weighted by Gasteiger charge is 2.10. The van der Waals surface area contributed by atoms with E-state index in [-0.39, 0.29) is 11.6 Å². The first-order chi connectivity index (χ1) is 10.5. The Bertz CT molecular complexity index is 752. The van der Waals surface area contributed by atoms with Gasteiger partial charge >= 0.3 is 12.0 Å². The van der Waals surface area contributed by atoms with Crippen LogP contribution in [-0.4, -0.2) is 33.6 Å². The molecular formula is C14H14N4O4. The second-order valence-corrected chi connectivity index (χ2v) is 4.35. The molecule has 0 aliphatic carbocycles. The number of rotatable bonds is 4. The summed E-state index contributed by atoms with van der Waals surface area (Å²) < 4.78 is 0. The third-order valence-corrected chi connectivity index (χ3v) is 2.81. The number of aromatic nitrogens is 2. The Labute approximate surface area is 125 Å². The zero-order valence-corrected chi connectivity index (χ0v) is 11.7. The molecule has 0 unspecified atom stereocenters. The van der Waals surface area contributed by atoms with E-state index in [9.17, 15) is 14.4 Å². The van der Waals surface area contributed by atoms with E-state index in [4.69, 9.17) is 5.11 Å². The molecule has 4 N–H and O–H groups in total. The van der Waals surface area contributed by atoms with Crippen molar-refractivity contribution in [2.45, 2.75) is 6.92 Å². The number of hydrogen-bond acceptors (Lipinski definition) is 4. The van der Waals surface area contributed by atoms with Crippen molar-refractivity contribution in [1.29, 1.82) is 0 Å². The van der Waals surface area contributed by atoms with E-state index >= 15 is 0 Å². The lowest BCUT2D eigenvalue weighted by molar-refractivity contribution is 0.0695. The highest BCUT2D eigenvalue weighted by molar-refractivity contribution is 5.89. The Morgan fingerprint density at radius 2 is 2.09 bits per heavy atom. The molecule has 0 aliphatic heterocycles. The molecule has 2 rings (SSSR count). The summed E-state index contributed by atoms with van der Waals surface area (Å²) in [6.45, 7) is 2.30. The molecule has 2 aromatic heterocycles. The van der Waals surface area contributed by atoms with Crippen molar-refractivity contribution in [2.75, 3.05) is 11.9 Å². The fraction of sp³-hybridized carbons (Fsp3) is 0.143. The van der Waals surface area contributed by atoms with Gasteiger partial charge in [-0.25, -0.2) is 14.6 Å². The average molecular weight is 302 g/mol. The van der Waals surface area contributed by atoms with Crippen LogP contribution in [0.3, 0.4) is 0 Å². The van der Waals surface area contributed by atoms with Crippen LogP contribution in [-0.2, 0) is 0 Å². The first-order valence-corrected chi connectivity index (χ1v) is 6.48. The Balaban J connectivity index is 2.24. The van der Waals surface area contributed by atoms with Gasteiger partial charge < -0.3 is 15.4 Å². The normalized spacial score (nSPS) is 10.0. The largest absolute Gasteiger partial charge is 0.477 e. The smallest absolute Gasteiger partial charge is 0.341 e. The number of amides is 2. The van der Waals surface area contributed by atoms with Gasteiger partial charge in [0.05, 0.1) is 0 Å². The second kappa shape index (κ2) is 6.53. The van der Waals surface area contributed by atoms with E-state index in [2.05, 4.69) is 20.6 Å². The number of hydrogen-bond donors (Lipinski definition) is 4. The molecule has 0 radical (unpaired) electrons. The Morgan fingerprint density at radius 3 is 2.68 bits per heavy atom. The van der Waals surface area contributed by atoms with Crippen LogP contribution >= 0.6 is 0 Å². The molecule has 0 bridgehead atoms. The van der Waals surface area contributed by atoms with Gasteiger partial charge in [0.1, 0.15) is 11.4 Å². The maximum absolute atomic E-state index is 11.4. The van der Waals surface area contributed by atoms with E-state index < -0.39 is 11.5 Å². The lowest BCUT2D eigenvalue weighted by Crippen LogP contribution is -2.28. The Morgan fingerprint density at radius 1 is 1.32 bits per heavy atom. The summed E-state index contributed by atoms with van der Waals surface area (Å²) in [5.74, 6) is -0.942. The average Bonchev–Trinajstić information content (AvgIpc) is 2.48. The zero-order valence-electron chi connectivity index (χ0n) is 11.7. The van der Waals surface area contributed by atoms with E-state index in [1.165, 1.54) is 18.5 Å². The first-order valence-electron chi connectivity index (χ1n) is 6.48. The molecule has 0 fully saturated rings. The molecule has 22 heavy (non-hydrogen) atoms. The summed E-state index contributed by atoms with van der Waals surface area (Å²) in [5, 5.41) is 14.1. The number of nitrogens with zero attached hydrogens (tertiary/aromatic N) is 1. The highest BCUT2D eigenvalue weighted by Crippen LogP contribution is 2.18. The van der Waals surface area contributed by atoms with Gasteiger partial charge in [0, 0.05) is 30.1 Å². The minimum absolute atomic E-state index is 0.345. The first kappa shape index (κ1) is 15.2. The number of anilines is 1. The molecule has 2 aromatic rings. The zero-order chi connectivity index (χ0) is 16.1. The van der Waals surface area contributed by atoms with Crippen molar-refractivity contribution in [3.05, 3.63) is 46.5 Å². The number of carbonyl (C=O) groups excluding carboxylic acids is 1. The number of carboxylic acids is 1. The maximum Gasteiger partial charge on any atom is 0.341 e. The second-order valence-electron chi connectivity index (χ2n) is 4.35. The number of H-pyrrole nitrogens is 1. The van der Waals surface area contributed by atoms with Crippen LogP contribution in [0.5, 0.6) is 0 Å². The van der Waals surface area contributed by atoms with Crippen LogP contribution in [0, 0.1) is 0 Å². The van der Waals surface area contributed by atoms with Crippen molar-refractivity contribution in [3.8, 4) is 11.1 Å². The molecule has 8 heteroatoms. The number of pyridine rings is 2. The molecule has 0 saturated carbocycles. The van der Waals surface area contributed by atoms with Gasteiger partial charge in [-0.05, 0) is 25.1 Å². The number of carboxylic acid groups (broad SMARTS) is 1. The van der Waals surface area contributed by atoms with Crippen LogP contribution in [0.25, 0.3) is 11.1 Å². The minimum atomic E-state index is -1.30. The van der Waals surface area contributed by atoms with Crippen LogP contribution in [0.4, 0.5) is 10.6 Å². The van der Waals surface area contributed by atoms with Gasteiger partial charge in [-0.2, -0.15) is 0 Å². The lowest BCUT2D eigenvalue weighted by Gasteiger charge is -2.06. The van der Waals surface area contributed by atoms with Crippen molar-refractivity contribution in [3.63, 3.8) is 0 Å². The molecule has 2 heterocycles. The highest BCUT2D eigenvalue weighted by atomic mass is 16.4. The standard InChI is InChI=1S/C14H14N4O4/c1-2-15-14(22)18-11-4-3-8(6-16-11)9-5-10(13(20)21)12(19)17-7-9/h3-7H,2H2,1H3,(H,17,19)(H,20,21)(H2,15,16,18,22). The molecule has 0 aromatic carbocycles. The summed E-state index contributed by atoms with van der Waals surface area (Å²) in [5.41, 5.74) is 0.106. The SMILES string of the molecule is CCNC(=O)Nc1ccc(-c2c[nH]c(=O)c(C(=O)O)c2)cn1. The molecule has 0 atom stereocenters. The molecule has 8 nitrogen and oxygen atoms in total. The molecular weight excluding hydrogens is 288 g/mol. The van der Waals surface area contributed by atoms with Gasteiger partial charge in [0.25, 0.3) is 5.56 Å². The number of carbonyl (C=O) groups is 2. The van der Waals surface area contributed by atoms with Crippen LogP contribution in [0.2, 0.25) is 0 Å². The van der Waals surface area contributed by atoms with E-state index in [0.717, 1.165) is 0 Å². The van der Waals surface area contributed by atoms with Gasteiger partial charge in [-0.1, -0.05) is 0 Å². The van der Waals surface area contributed by atoms with Gasteiger partial charge in [0.2, 0.25) is 0 Å². The summed E-state index contributed by atoms with van der Waals surface area (Å²) in [7, 11) is 0. The maximum atomic E-state index is 11.4. The molecule has 0 saturated heterocycles. The minimum Gasteiger partial charge on any atom is -0.477 e. The summed E-state index contributed by atoms with van der Waals surface area (Å²) in [6, 6.07) is 4.15. The summed E-state index contributed by atoms with van der Waals surface area (Å²) in [6.07, 6.45) is 2.88. The molecule has 2 amide bonds. The number of aromatic carboxylic acids is 1. The Kier molecular flexibility index (Phi) is 4.52. The Hall–Kier alpha value is -3.16. The summed E-state index contributed by atoms with van der Waals surface area (Å²) >= 11 is 0. The van der Waals surface area contributed by atoms with E-state index in [1.54, 1.807) is 19.1 Å². The van der Waals surface area contributed by atoms with Crippen molar-refractivity contribution in [1.82, 2.24) is 15.3 Å². The quantitative estimate of drug-likeness (QED) is 0.677. The number of aromatic amines is 1. The lowest BCUT2D eigenvalue weighted by atomic mass is 10.1. The fourth-order valence-corrected chi connectivity index (χ4v) is 1.77. The summed E-state index contributed by atoms with van der Waals surface area (Å²) in [4.78, 5) is 40.1. The predicted octanol–water partition coefficient (Wildman–Crippen LogP) is 1.28. The van der Waals surface area contributed by atoms with Gasteiger partial charge in [-0.3, -0.25) is 10.1 Å². The van der Waals surface area contributed by atoms with Gasteiger partial charge in [0.15, 0.2) is 0 Å². The van der Waals surface area contributed by atoms with Crippen molar-refractivity contribution < 1.29 is 14.7 Å². The number of nitrogens with one attached hydrogen (secondary N) is 3. The third kappa shape index (κ3) is 3.48. The topological polar surface area (TPSA) is 124 Å². The third-order valence-electron chi connectivity index (χ3n) is 2.81. The van der Waals surface area contributed by atoms with Crippen LogP contribution < -0.4 is 16.2 Å². The molecule has 114 valence electrons. The number of urea groups is 1. The van der Waals surface area contributed by atoms with Crippen molar-refractivity contribution >= 4 is 17.8 Å². The molecule has 0 aliphatic rings. The van der Waals surface area contributed by atoms with Crippen LogP contribution in [0.15, 0.2) is 35.4 Å². The monoisotopic (exact) mass is 302 g/mol. The van der Waals surface area contributed by atoms with E-state index in [1.807, 2.05) is 0 Å².